The molecule has 1 amide bonds. The number of nitrogens with zero attached hydrogens (tertiary/aromatic N) is 5. The highest BCUT2D eigenvalue weighted by Crippen LogP contribution is 2.33. The fourth-order valence-corrected chi connectivity index (χ4v) is 4.67. The molecule has 0 atom stereocenters. The summed E-state index contributed by atoms with van der Waals surface area (Å²) in [5, 5.41) is 13.6. The molecule has 2 saturated carbocycles. The Kier molecular flexibility index (Phi) is 4.06. The summed E-state index contributed by atoms with van der Waals surface area (Å²) in [5.74, 6) is 0.559. The summed E-state index contributed by atoms with van der Waals surface area (Å²) in [6.07, 6.45) is 7.94. The van der Waals surface area contributed by atoms with Crippen LogP contribution in [0.1, 0.15) is 56.1 Å². The van der Waals surface area contributed by atoms with Crippen LogP contribution in [-0.4, -0.2) is 36.9 Å². The van der Waals surface area contributed by atoms with Crippen molar-refractivity contribution in [1.82, 2.24) is 24.9 Å². The first-order valence-electron chi connectivity index (χ1n) is 10.1. The van der Waals surface area contributed by atoms with Gasteiger partial charge in [0.05, 0.1) is 5.52 Å². The van der Waals surface area contributed by atoms with Gasteiger partial charge in [0.2, 0.25) is 5.91 Å². The van der Waals surface area contributed by atoms with Crippen LogP contribution in [0.25, 0.3) is 16.6 Å². The van der Waals surface area contributed by atoms with Crippen molar-refractivity contribution >= 4 is 22.5 Å². The molecular weight excluding hydrogens is 338 g/mol. The van der Waals surface area contributed by atoms with Gasteiger partial charge in [-0.2, -0.15) is 4.52 Å². The number of hydrogen-bond donors (Lipinski definition) is 0. The summed E-state index contributed by atoms with van der Waals surface area (Å²) in [4.78, 5) is 15.3. The second-order valence-corrected chi connectivity index (χ2v) is 8.13. The van der Waals surface area contributed by atoms with Crippen molar-refractivity contribution in [3.63, 3.8) is 0 Å². The third-order valence-corrected chi connectivity index (χ3v) is 6.41. The minimum Gasteiger partial charge on any atom is -0.335 e. The molecule has 140 valence electrons. The van der Waals surface area contributed by atoms with Crippen molar-refractivity contribution in [2.75, 3.05) is 0 Å². The molecule has 3 aromatic rings. The van der Waals surface area contributed by atoms with E-state index in [9.17, 15) is 4.79 Å². The Bertz CT molecular complexity index is 1000. The normalized spacial score (nSPS) is 18.3. The molecule has 27 heavy (non-hydrogen) atoms. The van der Waals surface area contributed by atoms with E-state index in [-0.39, 0.29) is 5.92 Å². The van der Waals surface area contributed by atoms with Gasteiger partial charge in [-0.25, -0.2) is 0 Å². The maximum atomic E-state index is 13.2. The number of rotatable bonds is 4. The number of tetrazole rings is 1. The highest BCUT2D eigenvalue weighted by atomic mass is 16.2. The second-order valence-electron chi connectivity index (χ2n) is 8.13. The molecule has 2 aliphatic carbocycles. The van der Waals surface area contributed by atoms with Crippen LogP contribution in [0.15, 0.2) is 24.3 Å². The largest absolute Gasteiger partial charge is 0.335 e. The molecule has 0 spiro atoms. The Labute approximate surface area is 158 Å². The van der Waals surface area contributed by atoms with Crippen LogP contribution in [-0.2, 0) is 11.3 Å². The molecule has 2 heterocycles. The van der Waals surface area contributed by atoms with Gasteiger partial charge in [-0.15, -0.1) is 5.10 Å². The quantitative estimate of drug-likeness (QED) is 0.710. The van der Waals surface area contributed by atoms with E-state index in [1.807, 2.05) is 4.52 Å². The number of hydrogen-bond acceptors (Lipinski definition) is 4. The Morgan fingerprint density at radius 2 is 2.00 bits per heavy atom. The van der Waals surface area contributed by atoms with Crippen molar-refractivity contribution in [2.45, 2.75) is 64.5 Å². The lowest BCUT2D eigenvalue weighted by molar-refractivity contribution is -0.141. The van der Waals surface area contributed by atoms with E-state index >= 15 is 0 Å². The molecule has 0 unspecified atom stereocenters. The minimum absolute atomic E-state index is 0.223. The van der Waals surface area contributed by atoms with E-state index in [0.717, 1.165) is 53.4 Å². The zero-order valence-corrected chi connectivity index (χ0v) is 15.8. The number of para-hydroxylation sites is 1. The molecule has 0 N–H and O–H groups in total. The van der Waals surface area contributed by atoms with E-state index in [4.69, 9.17) is 0 Å². The van der Waals surface area contributed by atoms with Gasteiger partial charge in [0.25, 0.3) is 0 Å². The fourth-order valence-electron chi connectivity index (χ4n) is 4.67. The van der Waals surface area contributed by atoms with E-state index in [1.165, 1.54) is 19.3 Å². The van der Waals surface area contributed by atoms with Gasteiger partial charge in [-0.05, 0) is 54.7 Å². The average Bonchev–Trinajstić information content (AvgIpc) is 3.29. The number of carbonyl (C=O) groups is 1. The summed E-state index contributed by atoms with van der Waals surface area (Å²) in [6.45, 7) is 2.68. The number of benzene rings is 1. The first-order chi connectivity index (χ1) is 13.2. The molecule has 6 nitrogen and oxygen atoms in total. The van der Waals surface area contributed by atoms with E-state index in [2.05, 4.69) is 51.6 Å². The number of aryl methyl sites for hydroxylation is 1. The van der Waals surface area contributed by atoms with Gasteiger partial charge >= 0.3 is 0 Å². The smallest absolute Gasteiger partial charge is 0.226 e. The maximum absolute atomic E-state index is 13.2. The molecule has 1 aromatic carbocycles. The number of pyridine rings is 1. The molecular formula is C21H25N5O. The maximum Gasteiger partial charge on any atom is 0.226 e. The lowest BCUT2D eigenvalue weighted by atomic mass is 9.84. The van der Waals surface area contributed by atoms with E-state index < -0.39 is 0 Å². The van der Waals surface area contributed by atoms with Crippen LogP contribution >= 0.6 is 0 Å². The van der Waals surface area contributed by atoms with Crippen LogP contribution in [0.5, 0.6) is 0 Å². The molecule has 2 fully saturated rings. The summed E-state index contributed by atoms with van der Waals surface area (Å²) >= 11 is 0. The standard InChI is InChI=1S/C21H25N5O/c1-14-6-4-9-16-12-17(20-22-23-24-26(20)19(14)16)13-25(18-10-2-3-11-18)21(27)15-7-5-8-15/h4,6,9,12,15,18H,2-3,5,7-8,10-11,13H2,1H3. The first-order valence-corrected chi connectivity index (χ1v) is 10.1. The van der Waals surface area contributed by atoms with Crippen LogP contribution in [0.4, 0.5) is 0 Å². The summed E-state index contributed by atoms with van der Waals surface area (Å²) in [7, 11) is 0. The third kappa shape index (κ3) is 2.78. The first kappa shape index (κ1) is 16.7. The predicted molar refractivity (Wildman–Crippen MR) is 103 cm³/mol. The van der Waals surface area contributed by atoms with Gasteiger partial charge in [-0.1, -0.05) is 37.5 Å². The zero-order chi connectivity index (χ0) is 18.4. The number of amides is 1. The third-order valence-electron chi connectivity index (χ3n) is 6.41. The van der Waals surface area contributed by atoms with Crippen LogP contribution in [0, 0.1) is 12.8 Å². The van der Waals surface area contributed by atoms with Gasteiger partial charge in [-0.3, -0.25) is 4.79 Å². The minimum atomic E-state index is 0.223. The molecule has 0 bridgehead atoms. The summed E-state index contributed by atoms with van der Waals surface area (Å²) in [5.41, 5.74) is 3.99. The van der Waals surface area contributed by atoms with Crippen molar-refractivity contribution in [3.8, 4) is 0 Å². The summed E-state index contributed by atoms with van der Waals surface area (Å²) < 4.78 is 1.83. The number of fused-ring (bicyclic) bond motifs is 3. The zero-order valence-electron chi connectivity index (χ0n) is 15.8. The Hall–Kier alpha value is -2.50. The van der Waals surface area contributed by atoms with Gasteiger partial charge in [0, 0.05) is 29.5 Å². The van der Waals surface area contributed by atoms with E-state index in [1.54, 1.807) is 0 Å². The fraction of sp³-hybridized carbons (Fsp3) is 0.524. The monoisotopic (exact) mass is 363 g/mol. The second kappa shape index (κ2) is 6.59. The molecule has 2 aliphatic rings. The number of carbonyl (C=O) groups excluding carboxylic acids is 1. The number of aromatic nitrogens is 4. The van der Waals surface area contributed by atoms with Crippen LogP contribution < -0.4 is 0 Å². The highest BCUT2D eigenvalue weighted by Gasteiger charge is 2.34. The molecule has 6 heteroatoms. The van der Waals surface area contributed by atoms with Crippen LogP contribution in [0.2, 0.25) is 0 Å². The van der Waals surface area contributed by atoms with Crippen molar-refractivity contribution < 1.29 is 4.79 Å². The molecule has 0 aliphatic heterocycles. The van der Waals surface area contributed by atoms with Gasteiger partial charge < -0.3 is 4.90 Å². The van der Waals surface area contributed by atoms with E-state index in [0.29, 0.717) is 18.5 Å². The van der Waals surface area contributed by atoms with Crippen molar-refractivity contribution in [1.29, 1.82) is 0 Å². The Morgan fingerprint density at radius 3 is 2.74 bits per heavy atom. The van der Waals surface area contributed by atoms with Crippen molar-refractivity contribution in [2.24, 2.45) is 5.92 Å². The summed E-state index contributed by atoms with van der Waals surface area (Å²) in [6, 6.07) is 8.77. The molecule has 5 rings (SSSR count). The van der Waals surface area contributed by atoms with Gasteiger partial charge in [0.1, 0.15) is 0 Å². The average molecular weight is 363 g/mol. The lowest BCUT2D eigenvalue weighted by Gasteiger charge is -2.35. The van der Waals surface area contributed by atoms with Gasteiger partial charge in [0.15, 0.2) is 5.65 Å². The van der Waals surface area contributed by atoms with Crippen molar-refractivity contribution in [3.05, 3.63) is 35.4 Å². The SMILES string of the molecule is Cc1cccc2cc(CN(C(=O)C3CCC3)C3CCCC3)c3nnnn3c12. The predicted octanol–water partition coefficient (Wildman–Crippen LogP) is 3.66. The molecule has 2 aromatic heterocycles. The topological polar surface area (TPSA) is 63.4 Å². The van der Waals surface area contributed by atoms with Crippen LogP contribution in [0.3, 0.4) is 0 Å². The lowest BCUT2D eigenvalue weighted by Crippen LogP contribution is -2.43. The highest BCUT2D eigenvalue weighted by molar-refractivity contribution is 5.86. The Balaban J connectivity index is 1.58. The Morgan fingerprint density at radius 1 is 1.19 bits per heavy atom. The molecule has 0 saturated heterocycles. The molecule has 0 radical (unpaired) electrons.